The Morgan fingerprint density at radius 2 is 2.54 bits per heavy atom. The number of nitrogens with zero attached hydrogens (tertiary/aromatic N) is 3. The molecule has 0 aromatic carbocycles. The molecule has 6 nitrogen and oxygen atoms in total. The van der Waals surface area contributed by atoms with E-state index < -0.39 is 0 Å². The fourth-order valence-electron chi connectivity index (χ4n) is 0.748. The second-order valence-electron chi connectivity index (χ2n) is 2.10. The molecule has 13 heavy (non-hydrogen) atoms. The number of anilines is 1. The van der Waals surface area contributed by atoms with E-state index in [0.717, 1.165) is 11.5 Å². The molecule has 66 valence electrons. The van der Waals surface area contributed by atoms with Crippen molar-refractivity contribution in [3.05, 3.63) is 24.2 Å². The zero-order chi connectivity index (χ0) is 9.10. The quantitative estimate of drug-likeness (QED) is 0.767. The van der Waals surface area contributed by atoms with E-state index in [1.54, 1.807) is 12.1 Å². The average molecular weight is 196 g/mol. The predicted molar refractivity (Wildman–Crippen MR) is 44.4 cm³/mol. The van der Waals surface area contributed by atoms with Crippen LogP contribution in [0.2, 0.25) is 0 Å². The third-order valence-electron chi connectivity index (χ3n) is 1.26. The van der Waals surface area contributed by atoms with Crippen molar-refractivity contribution in [2.24, 2.45) is 0 Å². The zero-order valence-electron chi connectivity index (χ0n) is 6.30. The van der Waals surface area contributed by atoms with Crippen LogP contribution in [-0.4, -0.2) is 20.7 Å². The summed E-state index contributed by atoms with van der Waals surface area (Å²) in [5, 5.41) is 9.70. The van der Waals surface area contributed by atoms with Crippen molar-refractivity contribution in [3.8, 4) is 0 Å². The molecule has 2 aromatic heterocycles. The van der Waals surface area contributed by atoms with Crippen LogP contribution in [0.15, 0.2) is 22.8 Å². The van der Waals surface area contributed by atoms with Crippen LogP contribution in [0, 0.1) is 0 Å². The summed E-state index contributed by atoms with van der Waals surface area (Å²) in [5.41, 5.74) is 0. The molecule has 2 heterocycles. The number of hydrogen-bond acceptors (Lipinski definition) is 6. The number of aromatic nitrogens is 3. The first kappa shape index (κ1) is 7.87. The van der Waals surface area contributed by atoms with Crippen LogP contribution >= 0.6 is 11.5 Å². The summed E-state index contributed by atoms with van der Waals surface area (Å²) < 4.78 is 8.36. The van der Waals surface area contributed by atoms with E-state index in [-0.39, 0.29) is 11.7 Å². The number of rotatable bonds is 2. The molecule has 0 saturated heterocycles. The van der Waals surface area contributed by atoms with Crippen LogP contribution in [0.1, 0.15) is 10.6 Å². The largest absolute Gasteiger partial charge is 0.459 e. The molecule has 2 rings (SSSR count). The zero-order valence-corrected chi connectivity index (χ0v) is 7.11. The summed E-state index contributed by atoms with van der Waals surface area (Å²) in [5.74, 6) is -0.126. The predicted octanol–water partition coefficient (Wildman–Crippen LogP) is 0.778. The van der Waals surface area contributed by atoms with Gasteiger partial charge >= 0.3 is 0 Å². The maximum Gasteiger partial charge on any atom is 0.293 e. The maximum absolute atomic E-state index is 11.3. The summed E-state index contributed by atoms with van der Waals surface area (Å²) in [4.78, 5) is 11.3. The molecule has 2 aromatic rings. The molecule has 0 spiro atoms. The van der Waals surface area contributed by atoms with Crippen molar-refractivity contribution < 1.29 is 9.21 Å². The number of amides is 1. The van der Waals surface area contributed by atoms with Gasteiger partial charge in [-0.05, 0) is 17.3 Å². The SMILES string of the molecule is O=C(Nc1nnns1)c1ccco1. The number of nitrogens with one attached hydrogen (secondary N) is 1. The van der Waals surface area contributed by atoms with Crippen molar-refractivity contribution >= 4 is 22.6 Å². The van der Waals surface area contributed by atoms with Crippen molar-refractivity contribution in [2.45, 2.75) is 0 Å². The topological polar surface area (TPSA) is 80.9 Å². The van der Waals surface area contributed by atoms with Crippen LogP contribution in [0.3, 0.4) is 0 Å². The van der Waals surface area contributed by atoms with Gasteiger partial charge in [-0.3, -0.25) is 10.1 Å². The third-order valence-corrected chi connectivity index (χ3v) is 1.78. The number of carbonyl (C=O) groups excluding carboxylic acids is 1. The van der Waals surface area contributed by atoms with Crippen LogP contribution in [0.5, 0.6) is 0 Å². The Morgan fingerprint density at radius 3 is 3.15 bits per heavy atom. The highest BCUT2D eigenvalue weighted by atomic mass is 32.1. The number of hydrogen-bond donors (Lipinski definition) is 1. The summed E-state index contributed by atoms with van der Waals surface area (Å²) in [6.45, 7) is 0. The van der Waals surface area contributed by atoms with Gasteiger partial charge in [0.25, 0.3) is 5.91 Å². The Bertz CT molecular complexity index is 383. The minimum Gasteiger partial charge on any atom is -0.459 e. The van der Waals surface area contributed by atoms with Gasteiger partial charge in [0.05, 0.1) is 6.26 Å². The highest BCUT2D eigenvalue weighted by Crippen LogP contribution is 2.08. The normalized spacial score (nSPS) is 9.85. The van der Waals surface area contributed by atoms with Gasteiger partial charge in [0, 0.05) is 11.5 Å². The summed E-state index contributed by atoms with van der Waals surface area (Å²) in [7, 11) is 0. The molecule has 0 unspecified atom stereocenters. The highest BCUT2D eigenvalue weighted by Gasteiger charge is 2.10. The van der Waals surface area contributed by atoms with Crippen LogP contribution < -0.4 is 5.32 Å². The van der Waals surface area contributed by atoms with E-state index in [4.69, 9.17) is 4.42 Å². The van der Waals surface area contributed by atoms with Gasteiger partial charge in [0.1, 0.15) is 0 Å². The van der Waals surface area contributed by atoms with Crippen molar-refractivity contribution in [2.75, 3.05) is 5.32 Å². The molecule has 0 fully saturated rings. The fourth-order valence-corrected chi connectivity index (χ4v) is 1.11. The van der Waals surface area contributed by atoms with Crippen LogP contribution in [-0.2, 0) is 0 Å². The van der Waals surface area contributed by atoms with Crippen molar-refractivity contribution in [1.29, 1.82) is 0 Å². The van der Waals surface area contributed by atoms with Crippen molar-refractivity contribution in [3.63, 3.8) is 0 Å². The van der Waals surface area contributed by atoms with Gasteiger partial charge in [0.15, 0.2) is 5.76 Å². The van der Waals surface area contributed by atoms with E-state index in [1.165, 1.54) is 6.26 Å². The molecule has 0 aliphatic carbocycles. The first-order valence-electron chi connectivity index (χ1n) is 3.36. The molecule has 1 N–H and O–H groups in total. The van der Waals surface area contributed by atoms with E-state index in [1.807, 2.05) is 0 Å². The smallest absolute Gasteiger partial charge is 0.293 e. The molecule has 0 aliphatic heterocycles. The summed E-state index contributed by atoms with van der Waals surface area (Å²) in [6.07, 6.45) is 1.42. The molecular formula is C6H4N4O2S. The molecule has 7 heteroatoms. The van der Waals surface area contributed by atoms with Gasteiger partial charge in [-0.1, -0.05) is 9.59 Å². The van der Waals surface area contributed by atoms with Gasteiger partial charge in [-0.2, -0.15) is 0 Å². The van der Waals surface area contributed by atoms with Crippen LogP contribution in [0.4, 0.5) is 5.13 Å². The lowest BCUT2D eigenvalue weighted by Gasteiger charge is -1.94. The van der Waals surface area contributed by atoms with Gasteiger partial charge in [-0.15, -0.1) is 0 Å². The maximum atomic E-state index is 11.3. The second-order valence-corrected chi connectivity index (χ2v) is 2.83. The third kappa shape index (κ3) is 1.70. The Kier molecular flexibility index (Phi) is 2.01. The average Bonchev–Trinajstić information content (AvgIpc) is 2.74. The monoisotopic (exact) mass is 196 g/mol. The Labute approximate surface area is 76.7 Å². The van der Waals surface area contributed by atoms with E-state index in [0.29, 0.717) is 5.13 Å². The Hall–Kier alpha value is -1.76. The molecule has 0 atom stereocenters. The van der Waals surface area contributed by atoms with E-state index in [2.05, 4.69) is 20.1 Å². The summed E-state index contributed by atoms with van der Waals surface area (Å²) in [6, 6.07) is 3.19. The lowest BCUT2D eigenvalue weighted by Crippen LogP contribution is -2.10. The lowest BCUT2D eigenvalue weighted by atomic mass is 10.4. The molecule has 0 bridgehead atoms. The standard InChI is InChI=1S/C6H4N4O2S/c11-5(4-2-1-3-12-4)7-6-8-9-10-13-6/h1-3H,(H,7,8,10,11). The van der Waals surface area contributed by atoms with E-state index in [9.17, 15) is 4.79 Å². The van der Waals surface area contributed by atoms with Crippen molar-refractivity contribution in [1.82, 2.24) is 14.8 Å². The number of carbonyl (C=O) groups is 1. The molecule has 1 amide bonds. The molecule has 0 radical (unpaired) electrons. The molecule has 0 saturated carbocycles. The van der Waals surface area contributed by atoms with Gasteiger partial charge < -0.3 is 4.42 Å². The minimum absolute atomic E-state index is 0.232. The summed E-state index contributed by atoms with van der Waals surface area (Å²) >= 11 is 1.00. The number of furan rings is 1. The minimum atomic E-state index is -0.358. The van der Waals surface area contributed by atoms with Gasteiger partial charge in [0.2, 0.25) is 5.13 Å². The van der Waals surface area contributed by atoms with Crippen LogP contribution in [0.25, 0.3) is 0 Å². The second kappa shape index (κ2) is 3.31. The molecular weight excluding hydrogens is 192 g/mol. The lowest BCUT2D eigenvalue weighted by molar-refractivity contribution is 0.0996. The van der Waals surface area contributed by atoms with Gasteiger partial charge in [-0.25, -0.2) is 0 Å². The highest BCUT2D eigenvalue weighted by molar-refractivity contribution is 7.09. The first-order chi connectivity index (χ1) is 6.36. The fraction of sp³-hybridized carbons (Fsp3) is 0. The van der Waals surface area contributed by atoms with E-state index >= 15 is 0 Å². The Balaban J connectivity index is 2.08. The molecule has 0 aliphatic rings. The Morgan fingerprint density at radius 1 is 1.62 bits per heavy atom. The first-order valence-corrected chi connectivity index (χ1v) is 4.13.